The van der Waals surface area contributed by atoms with Crippen LogP contribution < -0.4 is 4.72 Å². The van der Waals surface area contributed by atoms with E-state index >= 15 is 0 Å². The van der Waals surface area contributed by atoms with Crippen molar-refractivity contribution < 1.29 is 9.47 Å². The average Bonchev–Trinajstić information content (AvgIpc) is 3.31. The van der Waals surface area contributed by atoms with Gasteiger partial charge in [0.2, 0.25) is 0 Å². The van der Waals surface area contributed by atoms with Gasteiger partial charge in [-0.1, -0.05) is 11.6 Å². The van der Waals surface area contributed by atoms with E-state index in [0.717, 1.165) is 48.5 Å². The van der Waals surface area contributed by atoms with Crippen LogP contribution in [0.3, 0.4) is 0 Å². The summed E-state index contributed by atoms with van der Waals surface area (Å²) in [6.45, 7) is 7.16. The molecule has 8 heteroatoms. The Balaban J connectivity index is 1.49. The second-order valence-corrected chi connectivity index (χ2v) is 10.3. The summed E-state index contributed by atoms with van der Waals surface area (Å²) in [5.41, 5.74) is 2.35. The van der Waals surface area contributed by atoms with Crippen LogP contribution in [-0.2, 0) is 14.9 Å². The number of ether oxygens (including phenoxy) is 2. The summed E-state index contributed by atoms with van der Waals surface area (Å²) in [6, 6.07) is 6.07. The SMILES string of the molecule is CCOCC1(c2csc(NSc3sc4ccc(Cl)cc4c3C)n2)CCOCC1. The molecule has 3 heterocycles. The highest BCUT2D eigenvalue weighted by Gasteiger charge is 2.37. The lowest BCUT2D eigenvalue weighted by atomic mass is 9.78. The molecule has 4 rings (SSSR count). The van der Waals surface area contributed by atoms with Crippen molar-refractivity contribution in [1.29, 1.82) is 0 Å². The number of nitrogens with one attached hydrogen (secondary N) is 1. The standard InChI is InChI=1S/C20H23ClN2O2S3/c1-3-24-12-20(6-8-25-9-7-20)17-11-26-19(22-17)23-28-18-13(2)15-10-14(21)4-5-16(15)27-18/h4-5,10-11H,3,6-9,12H2,1-2H3,(H,22,23). The third-order valence-corrected chi connectivity index (χ3v) is 8.64. The summed E-state index contributed by atoms with van der Waals surface area (Å²) in [5, 5.41) is 5.10. The number of nitrogens with zero attached hydrogens (tertiary/aromatic N) is 1. The van der Waals surface area contributed by atoms with Crippen molar-refractivity contribution in [3.05, 3.63) is 39.9 Å². The van der Waals surface area contributed by atoms with Crippen LogP contribution in [0.15, 0.2) is 27.8 Å². The Bertz CT molecular complexity index is 950. The van der Waals surface area contributed by atoms with E-state index in [2.05, 4.69) is 23.1 Å². The van der Waals surface area contributed by atoms with Crippen LogP contribution in [-0.4, -0.2) is 31.4 Å². The molecular formula is C20H23ClN2O2S3. The van der Waals surface area contributed by atoms with Crippen molar-refractivity contribution in [2.75, 3.05) is 31.1 Å². The minimum absolute atomic E-state index is 0.0281. The normalized spacial score (nSPS) is 16.5. The smallest absolute Gasteiger partial charge is 0.193 e. The van der Waals surface area contributed by atoms with Gasteiger partial charge in [0.25, 0.3) is 0 Å². The second kappa shape index (κ2) is 8.90. The Labute approximate surface area is 182 Å². The first-order valence-corrected chi connectivity index (χ1v) is 12.2. The fourth-order valence-corrected chi connectivity index (χ4v) is 6.59. The van der Waals surface area contributed by atoms with Gasteiger partial charge in [0.1, 0.15) is 0 Å². The van der Waals surface area contributed by atoms with Gasteiger partial charge in [0.15, 0.2) is 5.13 Å². The Morgan fingerprint density at radius 3 is 2.96 bits per heavy atom. The van der Waals surface area contributed by atoms with Crippen LogP contribution in [0.2, 0.25) is 5.02 Å². The third kappa shape index (κ3) is 4.20. The number of hydrogen-bond acceptors (Lipinski definition) is 7. The van der Waals surface area contributed by atoms with Gasteiger partial charge < -0.3 is 14.2 Å². The highest BCUT2D eigenvalue weighted by atomic mass is 35.5. The van der Waals surface area contributed by atoms with Crippen molar-refractivity contribution in [3.63, 3.8) is 0 Å². The molecule has 0 radical (unpaired) electrons. The molecule has 150 valence electrons. The minimum atomic E-state index is -0.0281. The largest absolute Gasteiger partial charge is 0.381 e. The molecule has 1 aliphatic heterocycles. The number of benzene rings is 1. The van der Waals surface area contributed by atoms with Crippen molar-refractivity contribution in [3.8, 4) is 0 Å². The molecule has 28 heavy (non-hydrogen) atoms. The van der Waals surface area contributed by atoms with Crippen molar-refractivity contribution in [2.45, 2.75) is 36.3 Å². The number of aryl methyl sites for hydroxylation is 1. The Morgan fingerprint density at radius 1 is 1.36 bits per heavy atom. The van der Waals surface area contributed by atoms with Gasteiger partial charge in [-0.05, 0) is 67.8 Å². The number of hydrogen-bond donors (Lipinski definition) is 1. The predicted molar refractivity (Wildman–Crippen MR) is 121 cm³/mol. The maximum absolute atomic E-state index is 6.15. The third-order valence-electron chi connectivity index (χ3n) is 5.17. The Kier molecular flexibility index (Phi) is 6.50. The van der Waals surface area contributed by atoms with E-state index in [-0.39, 0.29) is 5.41 Å². The summed E-state index contributed by atoms with van der Waals surface area (Å²) >= 11 is 11.2. The van der Waals surface area contributed by atoms with Crippen molar-refractivity contribution in [2.24, 2.45) is 0 Å². The summed E-state index contributed by atoms with van der Waals surface area (Å²) in [4.78, 5) is 4.91. The lowest BCUT2D eigenvalue weighted by Gasteiger charge is -2.35. The zero-order chi connectivity index (χ0) is 19.6. The number of fused-ring (bicyclic) bond motifs is 1. The molecule has 1 fully saturated rings. The van der Waals surface area contributed by atoms with Crippen LogP contribution in [0.5, 0.6) is 0 Å². The van der Waals surface area contributed by atoms with Gasteiger partial charge in [0.05, 0.1) is 16.5 Å². The van der Waals surface area contributed by atoms with Crippen molar-refractivity contribution >= 4 is 61.4 Å². The van der Waals surface area contributed by atoms with Crippen LogP contribution >= 0.6 is 46.2 Å². The number of rotatable bonds is 7. The van der Waals surface area contributed by atoms with E-state index in [9.17, 15) is 0 Å². The number of aromatic nitrogens is 1. The molecule has 0 atom stereocenters. The Hall–Kier alpha value is -0.830. The molecule has 0 unspecified atom stereocenters. The number of halogens is 1. The quantitative estimate of drug-likeness (QED) is 0.411. The van der Waals surface area contributed by atoms with Gasteiger partial charge in [-0.25, -0.2) is 4.98 Å². The maximum atomic E-state index is 6.15. The average molecular weight is 455 g/mol. The predicted octanol–water partition coefficient (Wildman–Crippen LogP) is 6.52. The van der Waals surface area contributed by atoms with E-state index < -0.39 is 0 Å². The summed E-state index contributed by atoms with van der Waals surface area (Å²) in [5.74, 6) is 0. The molecule has 0 spiro atoms. The Morgan fingerprint density at radius 2 is 2.18 bits per heavy atom. The number of anilines is 1. The zero-order valence-electron chi connectivity index (χ0n) is 15.9. The lowest BCUT2D eigenvalue weighted by Crippen LogP contribution is -2.38. The molecular weight excluding hydrogens is 432 g/mol. The van der Waals surface area contributed by atoms with E-state index in [4.69, 9.17) is 26.1 Å². The van der Waals surface area contributed by atoms with Gasteiger partial charge in [-0.3, -0.25) is 0 Å². The zero-order valence-corrected chi connectivity index (χ0v) is 19.1. The second-order valence-electron chi connectivity index (χ2n) is 6.93. The first-order valence-electron chi connectivity index (χ1n) is 9.34. The molecule has 0 bridgehead atoms. The maximum Gasteiger partial charge on any atom is 0.193 e. The fraction of sp³-hybridized carbons (Fsp3) is 0.450. The van der Waals surface area contributed by atoms with Crippen molar-refractivity contribution in [1.82, 2.24) is 4.98 Å². The summed E-state index contributed by atoms with van der Waals surface area (Å²) in [7, 11) is 0. The van der Waals surface area contributed by atoms with Gasteiger partial charge in [-0.2, -0.15) is 0 Å². The molecule has 1 saturated heterocycles. The summed E-state index contributed by atoms with van der Waals surface area (Å²) < 4.78 is 17.3. The lowest BCUT2D eigenvalue weighted by molar-refractivity contribution is 0.00193. The molecule has 4 nitrogen and oxygen atoms in total. The highest BCUT2D eigenvalue weighted by molar-refractivity contribution is 8.02. The van der Waals surface area contributed by atoms with Crippen LogP contribution in [0, 0.1) is 6.92 Å². The van der Waals surface area contributed by atoms with E-state index in [1.54, 1.807) is 34.6 Å². The highest BCUT2D eigenvalue weighted by Crippen LogP contribution is 2.41. The molecule has 1 aromatic carbocycles. The van der Waals surface area contributed by atoms with Crippen LogP contribution in [0.1, 0.15) is 31.0 Å². The van der Waals surface area contributed by atoms with E-state index in [1.807, 2.05) is 19.1 Å². The molecule has 0 saturated carbocycles. The first kappa shape index (κ1) is 20.4. The summed E-state index contributed by atoms with van der Waals surface area (Å²) in [6.07, 6.45) is 1.92. The van der Waals surface area contributed by atoms with Crippen LogP contribution in [0.4, 0.5) is 5.13 Å². The van der Waals surface area contributed by atoms with Gasteiger partial charge >= 0.3 is 0 Å². The van der Waals surface area contributed by atoms with Crippen LogP contribution in [0.25, 0.3) is 10.1 Å². The topological polar surface area (TPSA) is 43.4 Å². The minimum Gasteiger partial charge on any atom is -0.381 e. The number of thiazole rings is 1. The monoisotopic (exact) mass is 454 g/mol. The van der Waals surface area contributed by atoms with E-state index in [1.165, 1.54) is 19.9 Å². The molecule has 2 aromatic heterocycles. The molecule has 0 amide bonds. The first-order chi connectivity index (χ1) is 13.6. The molecule has 1 aliphatic rings. The fourth-order valence-electron chi connectivity index (χ4n) is 3.46. The molecule has 0 aliphatic carbocycles. The van der Waals surface area contributed by atoms with E-state index in [0.29, 0.717) is 6.61 Å². The molecule has 3 aromatic rings. The molecule has 1 N–H and O–H groups in total. The number of thiophene rings is 1. The van der Waals surface area contributed by atoms with Gasteiger partial charge in [-0.15, -0.1) is 22.7 Å². The van der Waals surface area contributed by atoms with Gasteiger partial charge in [0, 0.05) is 40.3 Å².